The standard InChI is InChI=1S/C19H25N5O/c1-4-23-7-9-24(10-8-23)18-12-17(20-13-21-18)19(25)22-16-6-5-14(2)11-15(16)3/h5-6,11-13H,4,7-10H2,1-3H3,(H,22,25). The second-order valence-electron chi connectivity index (χ2n) is 6.46. The Balaban J connectivity index is 1.71. The van der Waals surface area contributed by atoms with Crippen LogP contribution in [0.15, 0.2) is 30.6 Å². The Morgan fingerprint density at radius 1 is 1.12 bits per heavy atom. The molecule has 3 rings (SSSR count). The fourth-order valence-corrected chi connectivity index (χ4v) is 3.08. The van der Waals surface area contributed by atoms with Gasteiger partial charge in [-0.1, -0.05) is 24.6 Å². The van der Waals surface area contributed by atoms with Crippen LogP contribution in [-0.2, 0) is 0 Å². The molecule has 1 aliphatic rings. The number of amides is 1. The Morgan fingerprint density at radius 2 is 1.88 bits per heavy atom. The van der Waals surface area contributed by atoms with Crippen molar-refractivity contribution in [2.75, 3.05) is 42.9 Å². The first-order valence-electron chi connectivity index (χ1n) is 8.74. The highest BCUT2D eigenvalue weighted by molar-refractivity contribution is 6.03. The van der Waals surface area contributed by atoms with E-state index in [2.05, 4.69) is 32.0 Å². The van der Waals surface area contributed by atoms with Gasteiger partial charge in [0.25, 0.3) is 5.91 Å². The van der Waals surface area contributed by atoms with Crippen molar-refractivity contribution < 1.29 is 4.79 Å². The van der Waals surface area contributed by atoms with Gasteiger partial charge in [-0.25, -0.2) is 9.97 Å². The maximum atomic E-state index is 12.6. The molecule has 1 aromatic carbocycles. The summed E-state index contributed by atoms with van der Waals surface area (Å²) < 4.78 is 0. The second kappa shape index (κ2) is 7.61. The quantitative estimate of drug-likeness (QED) is 0.927. The maximum absolute atomic E-state index is 12.6. The number of benzene rings is 1. The van der Waals surface area contributed by atoms with Crippen LogP contribution in [0.2, 0.25) is 0 Å². The van der Waals surface area contributed by atoms with Gasteiger partial charge in [-0.3, -0.25) is 4.79 Å². The molecule has 132 valence electrons. The maximum Gasteiger partial charge on any atom is 0.274 e. The highest BCUT2D eigenvalue weighted by atomic mass is 16.1. The summed E-state index contributed by atoms with van der Waals surface area (Å²) in [7, 11) is 0. The van der Waals surface area contributed by atoms with E-state index in [1.807, 2.05) is 32.0 Å². The van der Waals surface area contributed by atoms with Gasteiger partial charge >= 0.3 is 0 Å². The summed E-state index contributed by atoms with van der Waals surface area (Å²) in [5, 5.41) is 2.94. The normalized spacial score (nSPS) is 15.2. The van der Waals surface area contributed by atoms with Gasteiger partial charge in [-0.2, -0.15) is 0 Å². The Bertz CT molecular complexity index is 753. The summed E-state index contributed by atoms with van der Waals surface area (Å²) in [5.74, 6) is 0.610. The van der Waals surface area contributed by atoms with E-state index in [1.165, 1.54) is 11.9 Å². The van der Waals surface area contributed by atoms with E-state index in [-0.39, 0.29) is 5.91 Å². The first-order valence-corrected chi connectivity index (χ1v) is 8.74. The molecule has 0 aliphatic carbocycles. The molecule has 1 saturated heterocycles. The molecule has 0 spiro atoms. The minimum atomic E-state index is -0.206. The smallest absolute Gasteiger partial charge is 0.274 e. The number of anilines is 2. The molecule has 0 atom stereocenters. The van der Waals surface area contributed by atoms with Crippen LogP contribution in [0.4, 0.5) is 11.5 Å². The first-order chi connectivity index (χ1) is 12.1. The highest BCUT2D eigenvalue weighted by Crippen LogP contribution is 2.18. The highest BCUT2D eigenvalue weighted by Gasteiger charge is 2.18. The molecule has 1 fully saturated rings. The van der Waals surface area contributed by atoms with E-state index in [0.29, 0.717) is 5.69 Å². The predicted octanol–water partition coefficient (Wildman–Crippen LogP) is 2.49. The van der Waals surface area contributed by atoms with Crippen LogP contribution in [0.5, 0.6) is 0 Å². The lowest BCUT2D eigenvalue weighted by atomic mass is 10.1. The number of hydrogen-bond acceptors (Lipinski definition) is 5. The zero-order valence-corrected chi connectivity index (χ0v) is 15.1. The van der Waals surface area contributed by atoms with Gasteiger partial charge in [0, 0.05) is 37.9 Å². The lowest BCUT2D eigenvalue weighted by Crippen LogP contribution is -2.46. The van der Waals surface area contributed by atoms with E-state index in [1.54, 1.807) is 6.07 Å². The van der Waals surface area contributed by atoms with Gasteiger partial charge in [-0.05, 0) is 32.0 Å². The average molecular weight is 339 g/mol. The lowest BCUT2D eigenvalue weighted by molar-refractivity contribution is 0.102. The fourth-order valence-electron chi connectivity index (χ4n) is 3.08. The van der Waals surface area contributed by atoms with Crippen LogP contribution in [0.25, 0.3) is 0 Å². The number of carbonyl (C=O) groups is 1. The van der Waals surface area contributed by atoms with Crippen molar-refractivity contribution in [2.45, 2.75) is 20.8 Å². The molecule has 0 radical (unpaired) electrons. The fraction of sp³-hybridized carbons (Fsp3) is 0.421. The van der Waals surface area contributed by atoms with Crippen LogP contribution < -0.4 is 10.2 Å². The van der Waals surface area contributed by atoms with Crippen LogP contribution in [0.1, 0.15) is 28.5 Å². The monoisotopic (exact) mass is 339 g/mol. The summed E-state index contributed by atoms with van der Waals surface area (Å²) in [6.45, 7) is 11.1. The zero-order valence-electron chi connectivity index (χ0n) is 15.1. The van der Waals surface area contributed by atoms with Crippen molar-refractivity contribution in [1.82, 2.24) is 14.9 Å². The van der Waals surface area contributed by atoms with E-state index in [9.17, 15) is 4.79 Å². The number of aromatic nitrogens is 2. The van der Waals surface area contributed by atoms with Gasteiger partial charge in [0.15, 0.2) is 0 Å². The number of hydrogen-bond donors (Lipinski definition) is 1. The van der Waals surface area contributed by atoms with Gasteiger partial charge in [0.05, 0.1) is 0 Å². The van der Waals surface area contributed by atoms with Crippen molar-refractivity contribution in [3.8, 4) is 0 Å². The van der Waals surface area contributed by atoms with Crippen LogP contribution in [-0.4, -0.2) is 53.5 Å². The van der Waals surface area contributed by atoms with Crippen LogP contribution in [0.3, 0.4) is 0 Å². The second-order valence-corrected chi connectivity index (χ2v) is 6.46. The summed E-state index contributed by atoms with van der Waals surface area (Å²) in [5.41, 5.74) is 3.42. The number of rotatable bonds is 4. The van der Waals surface area contributed by atoms with Gasteiger partial charge in [-0.15, -0.1) is 0 Å². The number of aryl methyl sites for hydroxylation is 2. The Hall–Kier alpha value is -2.47. The summed E-state index contributed by atoms with van der Waals surface area (Å²) >= 11 is 0. The van der Waals surface area contributed by atoms with Gasteiger partial charge < -0.3 is 15.1 Å². The minimum Gasteiger partial charge on any atom is -0.354 e. The largest absolute Gasteiger partial charge is 0.354 e. The lowest BCUT2D eigenvalue weighted by Gasteiger charge is -2.34. The molecule has 25 heavy (non-hydrogen) atoms. The molecule has 6 heteroatoms. The third-order valence-electron chi connectivity index (χ3n) is 4.66. The number of nitrogens with one attached hydrogen (secondary N) is 1. The third-order valence-corrected chi connectivity index (χ3v) is 4.66. The molecule has 2 aromatic rings. The van der Waals surface area contributed by atoms with Crippen molar-refractivity contribution in [1.29, 1.82) is 0 Å². The van der Waals surface area contributed by atoms with Crippen molar-refractivity contribution in [2.24, 2.45) is 0 Å². The molecular weight excluding hydrogens is 314 g/mol. The number of carbonyl (C=O) groups excluding carboxylic acids is 1. The minimum absolute atomic E-state index is 0.206. The van der Waals surface area contributed by atoms with E-state index in [4.69, 9.17) is 0 Å². The Kier molecular flexibility index (Phi) is 5.28. The molecule has 0 saturated carbocycles. The predicted molar refractivity (Wildman–Crippen MR) is 100 cm³/mol. The van der Waals surface area contributed by atoms with E-state index in [0.717, 1.165) is 49.8 Å². The van der Waals surface area contributed by atoms with Crippen molar-refractivity contribution in [3.05, 3.63) is 47.4 Å². The zero-order chi connectivity index (χ0) is 17.8. The van der Waals surface area contributed by atoms with Gasteiger partial charge in [0.1, 0.15) is 17.8 Å². The molecule has 2 heterocycles. The molecule has 0 bridgehead atoms. The average Bonchev–Trinajstić information content (AvgIpc) is 2.64. The van der Waals surface area contributed by atoms with Crippen LogP contribution in [0, 0.1) is 13.8 Å². The third kappa shape index (κ3) is 4.14. The van der Waals surface area contributed by atoms with Crippen LogP contribution >= 0.6 is 0 Å². The number of nitrogens with zero attached hydrogens (tertiary/aromatic N) is 4. The number of likely N-dealkylation sites (N-methyl/N-ethyl adjacent to an activating group) is 1. The molecular formula is C19H25N5O. The van der Waals surface area contributed by atoms with Gasteiger partial charge in [0.2, 0.25) is 0 Å². The number of piperazine rings is 1. The summed E-state index contributed by atoms with van der Waals surface area (Å²) in [6, 6.07) is 7.74. The van der Waals surface area contributed by atoms with Crippen molar-refractivity contribution in [3.63, 3.8) is 0 Å². The summed E-state index contributed by atoms with van der Waals surface area (Å²) in [4.78, 5) is 25.7. The topological polar surface area (TPSA) is 61.4 Å². The molecule has 1 amide bonds. The molecule has 1 aromatic heterocycles. The SMILES string of the molecule is CCN1CCN(c2cc(C(=O)Nc3ccc(C)cc3C)ncn2)CC1. The van der Waals surface area contributed by atoms with E-state index < -0.39 is 0 Å². The molecule has 1 N–H and O–H groups in total. The first kappa shape index (κ1) is 17.4. The Labute approximate surface area is 148 Å². The molecule has 1 aliphatic heterocycles. The van der Waals surface area contributed by atoms with Crippen molar-refractivity contribution >= 4 is 17.4 Å². The molecule has 0 unspecified atom stereocenters. The van der Waals surface area contributed by atoms with E-state index >= 15 is 0 Å². The Morgan fingerprint density at radius 3 is 2.56 bits per heavy atom. The summed E-state index contributed by atoms with van der Waals surface area (Å²) in [6.07, 6.45) is 1.47. The molecule has 6 nitrogen and oxygen atoms in total.